The SMILES string of the molecule is C#CCn1cc[n+](CCCNC(=O)CCCCCCCCC#CC#CCCCCCCCCCCCC)c1. The fraction of sp³-hybridized carbons (Fsp3) is 0.706. The van der Waals surface area contributed by atoms with Crippen LogP contribution in [0.15, 0.2) is 18.7 Å². The topological polar surface area (TPSA) is 37.9 Å². The first-order chi connectivity index (χ1) is 18.8. The average molecular weight is 521 g/mol. The van der Waals surface area contributed by atoms with Gasteiger partial charge in [0.15, 0.2) is 6.54 Å². The van der Waals surface area contributed by atoms with E-state index in [-0.39, 0.29) is 5.91 Å². The Bertz CT molecular complexity index is 871. The number of amides is 1. The highest BCUT2D eigenvalue weighted by Crippen LogP contribution is 2.11. The molecule has 1 N–H and O–H groups in total. The van der Waals surface area contributed by atoms with Gasteiger partial charge in [0.2, 0.25) is 12.2 Å². The number of terminal acetylenes is 1. The molecule has 0 atom stereocenters. The maximum Gasteiger partial charge on any atom is 0.244 e. The van der Waals surface area contributed by atoms with Crippen LogP contribution in [0.5, 0.6) is 0 Å². The second-order valence-corrected chi connectivity index (χ2v) is 10.4. The summed E-state index contributed by atoms with van der Waals surface area (Å²) in [6.45, 7) is 4.47. The maximum absolute atomic E-state index is 12.0. The maximum atomic E-state index is 12.0. The van der Waals surface area contributed by atoms with Crippen LogP contribution >= 0.6 is 0 Å². The van der Waals surface area contributed by atoms with E-state index in [1.807, 2.05) is 23.3 Å². The lowest BCUT2D eigenvalue weighted by molar-refractivity contribution is -0.696. The van der Waals surface area contributed by atoms with Crippen LogP contribution in [0.2, 0.25) is 0 Å². The number of imidazole rings is 1. The van der Waals surface area contributed by atoms with E-state index < -0.39 is 0 Å². The highest BCUT2D eigenvalue weighted by Gasteiger charge is 2.04. The molecular weight excluding hydrogens is 466 g/mol. The standard InChI is InChI=1S/C34H53N3O/c1-3-5-6-7-8-9-10-11-12-13-14-15-16-17-18-19-20-21-22-23-24-25-27-34(38)35-28-26-30-37-32-31-36(33-37)29-4-2/h2,31-33H,3,5-14,19-30H2,1H3/p+1. The van der Waals surface area contributed by atoms with Crippen molar-refractivity contribution in [1.29, 1.82) is 0 Å². The summed E-state index contributed by atoms with van der Waals surface area (Å²) in [6, 6.07) is 0. The fourth-order valence-corrected chi connectivity index (χ4v) is 4.47. The lowest BCUT2D eigenvalue weighted by atomic mass is 10.1. The van der Waals surface area contributed by atoms with Crippen LogP contribution in [-0.2, 0) is 17.9 Å². The first-order valence-corrected chi connectivity index (χ1v) is 15.5. The van der Waals surface area contributed by atoms with Crippen molar-refractivity contribution >= 4 is 5.91 Å². The van der Waals surface area contributed by atoms with Crippen molar-refractivity contribution in [3.05, 3.63) is 18.7 Å². The minimum Gasteiger partial charge on any atom is -0.356 e. The monoisotopic (exact) mass is 520 g/mol. The Balaban J connectivity index is 1.82. The Morgan fingerprint density at radius 3 is 1.92 bits per heavy atom. The molecular formula is C34H54N3O+. The third-order valence-electron chi connectivity index (χ3n) is 6.79. The van der Waals surface area contributed by atoms with E-state index in [9.17, 15) is 4.79 Å². The van der Waals surface area contributed by atoms with Gasteiger partial charge in [-0.05, 0) is 31.1 Å². The summed E-state index contributed by atoms with van der Waals surface area (Å²) in [6.07, 6.45) is 35.4. The highest BCUT2D eigenvalue weighted by molar-refractivity contribution is 5.75. The number of carbonyl (C=O) groups is 1. The molecule has 0 unspecified atom stereocenters. The average Bonchev–Trinajstić information content (AvgIpc) is 3.37. The van der Waals surface area contributed by atoms with Gasteiger partial charge in [0.1, 0.15) is 12.4 Å². The number of hydrogen-bond acceptors (Lipinski definition) is 1. The molecule has 1 amide bonds. The molecule has 0 fully saturated rings. The van der Waals surface area contributed by atoms with E-state index in [0.29, 0.717) is 13.0 Å². The van der Waals surface area contributed by atoms with E-state index in [2.05, 4.69) is 46.4 Å². The van der Waals surface area contributed by atoms with Crippen LogP contribution < -0.4 is 9.88 Å². The number of nitrogens with zero attached hydrogens (tertiary/aromatic N) is 2. The summed E-state index contributed by atoms with van der Waals surface area (Å²) in [4.78, 5) is 12.0. The Hall–Kier alpha value is -2.64. The van der Waals surface area contributed by atoms with Crippen molar-refractivity contribution in [2.24, 2.45) is 0 Å². The van der Waals surface area contributed by atoms with Crippen molar-refractivity contribution in [3.63, 3.8) is 0 Å². The summed E-state index contributed by atoms with van der Waals surface area (Å²) in [5.74, 6) is 15.2. The molecule has 0 aliphatic heterocycles. The van der Waals surface area contributed by atoms with E-state index in [4.69, 9.17) is 6.42 Å². The van der Waals surface area contributed by atoms with Gasteiger partial charge in [-0.25, -0.2) is 9.13 Å². The molecule has 0 aliphatic carbocycles. The number of aryl methyl sites for hydroxylation is 1. The Morgan fingerprint density at radius 2 is 1.34 bits per heavy atom. The van der Waals surface area contributed by atoms with Crippen LogP contribution in [0.25, 0.3) is 0 Å². The van der Waals surface area contributed by atoms with Gasteiger partial charge in [-0.15, -0.1) is 6.42 Å². The van der Waals surface area contributed by atoms with Crippen LogP contribution in [0.4, 0.5) is 0 Å². The number of hydrogen-bond donors (Lipinski definition) is 1. The molecule has 0 bridgehead atoms. The van der Waals surface area contributed by atoms with Crippen molar-refractivity contribution in [2.75, 3.05) is 6.54 Å². The van der Waals surface area contributed by atoms with Crippen molar-refractivity contribution < 1.29 is 9.36 Å². The van der Waals surface area contributed by atoms with E-state index in [1.54, 1.807) is 0 Å². The van der Waals surface area contributed by atoms with Gasteiger partial charge in [-0.2, -0.15) is 0 Å². The normalized spacial score (nSPS) is 10.2. The first-order valence-electron chi connectivity index (χ1n) is 15.5. The Labute approximate surface area is 234 Å². The lowest BCUT2D eigenvalue weighted by Gasteiger charge is -2.04. The molecule has 1 rings (SSSR count). The zero-order valence-corrected chi connectivity index (χ0v) is 24.4. The molecule has 1 aromatic heterocycles. The van der Waals surface area contributed by atoms with E-state index >= 15 is 0 Å². The summed E-state index contributed by atoms with van der Waals surface area (Å²) in [5, 5.41) is 3.03. The van der Waals surface area contributed by atoms with Gasteiger partial charge in [0.05, 0.1) is 6.54 Å². The van der Waals surface area contributed by atoms with Crippen molar-refractivity contribution in [3.8, 4) is 36.0 Å². The molecule has 1 heterocycles. The fourth-order valence-electron chi connectivity index (χ4n) is 4.47. The van der Waals surface area contributed by atoms with Crippen LogP contribution in [0.3, 0.4) is 0 Å². The number of nitrogens with one attached hydrogen (secondary N) is 1. The van der Waals surface area contributed by atoms with Gasteiger partial charge in [-0.1, -0.05) is 108 Å². The molecule has 38 heavy (non-hydrogen) atoms. The largest absolute Gasteiger partial charge is 0.356 e. The molecule has 0 radical (unpaired) electrons. The quantitative estimate of drug-likeness (QED) is 0.0914. The molecule has 0 saturated carbocycles. The third kappa shape index (κ3) is 21.4. The second kappa shape index (κ2) is 26.0. The van der Waals surface area contributed by atoms with Gasteiger partial charge >= 0.3 is 0 Å². The zero-order valence-electron chi connectivity index (χ0n) is 24.4. The first kappa shape index (κ1) is 33.4. The highest BCUT2D eigenvalue weighted by atomic mass is 16.1. The van der Waals surface area contributed by atoms with Crippen LogP contribution in [-0.4, -0.2) is 17.0 Å². The molecule has 4 heteroatoms. The predicted molar refractivity (Wildman–Crippen MR) is 160 cm³/mol. The number of unbranched alkanes of at least 4 members (excludes halogenated alkanes) is 16. The molecule has 0 aromatic carbocycles. The van der Waals surface area contributed by atoms with Crippen molar-refractivity contribution in [2.45, 2.75) is 148 Å². The van der Waals surface area contributed by atoms with Gasteiger partial charge in [0.25, 0.3) is 0 Å². The van der Waals surface area contributed by atoms with E-state index in [1.165, 1.54) is 83.5 Å². The molecule has 1 aromatic rings. The Morgan fingerprint density at radius 1 is 0.789 bits per heavy atom. The summed E-state index contributed by atoms with van der Waals surface area (Å²) >= 11 is 0. The number of rotatable bonds is 23. The zero-order chi connectivity index (χ0) is 27.4. The van der Waals surface area contributed by atoms with Gasteiger partial charge in [0, 0.05) is 32.2 Å². The third-order valence-corrected chi connectivity index (χ3v) is 6.79. The Kier molecular flexibility index (Phi) is 22.8. The molecule has 0 saturated heterocycles. The summed E-state index contributed by atoms with van der Waals surface area (Å²) in [5.41, 5.74) is 0. The van der Waals surface area contributed by atoms with Gasteiger partial charge in [-0.3, -0.25) is 4.79 Å². The molecule has 0 spiro atoms. The molecule has 210 valence electrons. The number of carbonyl (C=O) groups excluding carboxylic acids is 1. The van der Waals surface area contributed by atoms with Crippen LogP contribution in [0, 0.1) is 36.0 Å². The van der Waals surface area contributed by atoms with Gasteiger partial charge < -0.3 is 5.32 Å². The molecule has 4 nitrogen and oxygen atoms in total. The minimum atomic E-state index is 0.171. The molecule has 0 aliphatic rings. The summed E-state index contributed by atoms with van der Waals surface area (Å²) < 4.78 is 4.07. The smallest absolute Gasteiger partial charge is 0.244 e. The van der Waals surface area contributed by atoms with E-state index in [0.717, 1.165) is 51.6 Å². The number of aromatic nitrogens is 2. The lowest BCUT2D eigenvalue weighted by Crippen LogP contribution is -2.34. The predicted octanol–water partition coefficient (Wildman–Crippen LogP) is 7.35. The minimum absolute atomic E-state index is 0.171. The van der Waals surface area contributed by atoms with Crippen molar-refractivity contribution in [1.82, 2.24) is 9.88 Å². The second-order valence-electron chi connectivity index (χ2n) is 10.4. The van der Waals surface area contributed by atoms with Crippen LogP contribution in [0.1, 0.15) is 135 Å². The summed E-state index contributed by atoms with van der Waals surface area (Å²) in [7, 11) is 0.